The summed E-state index contributed by atoms with van der Waals surface area (Å²) in [7, 11) is -1.77. The van der Waals surface area contributed by atoms with Crippen LogP contribution in [0.25, 0.3) is 0 Å². The van der Waals surface area contributed by atoms with Gasteiger partial charge in [0.25, 0.3) is 5.91 Å². The molecule has 0 radical (unpaired) electrons. The van der Waals surface area contributed by atoms with Gasteiger partial charge >= 0.3 is 5.97 Å². The van der Waals surface area contributed by atoms with E-state index in [1.54, 1.807) is 6.92 Å². The number of carbonyl (C=O) groups is 2. The second kappa shape index (κ2) is 6.26. The average Bonchev–Trinajstić information content (AvgIpc) is 2.43. The van der Waals surface area contributed by atoms with Crippen LogP contribution in [0.1, 0.15) is 34.6 Å². The van der Waals surface area contributed by atoms with Crippen molar-refractivity contribution in [2.45, 2.75) is 25.1 Å². The van der Waals surface area contributed by atoms with Crippen LogP contribution >= 0.6 is 0 Å². The summed E-state index contributed by atoms with van der Waals surface area (Å²) in [5, 5.41) is 8.22. The molecule has 0 saturated carbocycles. The van der Waals surface area contributed by atoms with Gasteiger partial charge in [-0.2, -0.15) is 0 Å². The molecule has 0 heterocycles. The molecule has 21 heavy (non-hydrogen) atoms. The molecule has 0 spiro atoms. The van der Waals surface area contributed by atoms with Gasteiger partial charge in [0, 0.05) is 24.9 Å². The van der Waals surface area contributed by atoms with Crippen LogP contribution < -0.4 is 0 Å². The van der Waals surface area contributed by atoms with Crippen molar-refractivity contribution in [2.24, 2.45) is 0 Å². The Balaban J connectivity index is 3.03. The van der Waals surface area contributed by atoms with Crippen molar-refractivity contribution in [3.8, 4) is 0 Å². The summed E-state index contributed by atoms with van der Waals surface area (Å²) in [6.45, 7) is 3.18. The molecule has 2 unspecified atom stereocenters. The fourth-order valence-corrected chi connectivity index (χ4v) is 2.74. The maximum atomic E-state index is 12.3. The molecule has 2 atom stereocenters. The van der Waals surface area contributed by atoms with Gasteiger partial charge in [-0.05, 0) is 32.0 Å². The van der Waals surface area contributed by atoms with Crippen LogP contribution in [0.4, 0.5) is 0 Å². The van der Waals surface area contributed by atoms with Gasteiger partial charge in [-0.25, -0.2) is 13.2 Å². The van der Waals surface area contributed by atoms with Gasteiger partial charge in [-0.3, -0.25) is 4.79 Å². The van der Waals surface area contributed by atoms with E-state index in [2.05, 4.69) is 0 Å². The normalized spacial score (nSPS) is 14.3. The van der Waals surface area contributed by atoms with Crippen molar-refractivity contribution in [2.75, 3.05) is 13.3 Å². The molecule has 0 bridgehead atoms. The standard InChI is InChI=1S/C14H19NO5S/c1-9(10(2)21(4,19)20)15(3)13(16)11-6-5-7-12(8-11)14(17)18/h5-10H,1-4H3,(H,17,18). The highest BCUT2D eigenvalue weighted by atomic mass is 32.2. The first-order chi connectivity index (χ1) is 9.55. The number of hydrogen-bond acceptors (Lipinski definition) is 4. The first-order valence-corrected chi connectivity index (χ1v) is 8.30. The zero-order valence-electron chi connectivity index (χ0n) is 12.4. The highest BCUT2D eigenvalue weighted by Crippen LogP contribution is 2.14. The smallest absolute Gasteiger partial charge is 0.335 e. The Morgan fingerprint density at radius 2 is 1.71 bits per heavy atom. The summed E-state index contributed by atoms with van der Waals surface area (Å²) in [6, 6.07) is 5.12. The average molecular weight is 313 g/mol. The molecule has 0 saturated heterocycles. The number of carboxylic acid groups (broad SMARTS) is 1. The molecular weight excluding hydrogens is 294 g/mol. The Hall–Kier alpha value is -1.89. The lowest BCUT2D eigenvalue weighted by Crippen LogP contribution is -2.44. The molecule has 0 aliphatic carbocycles. The predicted octanol–water partition coefficient (Wildman–Crippen LogP) is 1.28. The first-order valence-electron chi connectivity index (χ1n) is 6.35. The number of hydrogen-bond donors (Lipinski definition) is 1. The van der Waals surface area contributed by atoms with Crippen LogP contribution in [-0.2, 0) is 9.84 Å². The third kappa shape index (κ3) is 4.04. The molecule has 0 fully saturated rings. The zero-order valence-corrected chi connectivity index (χ0v) is 13.2. The maximum absolute atomic E-state index is 12.3. The van der Waals surface area contributed by atoms with Gasteiger partial charge in [-0.15, -0.1) is 0 Å². The van der Waals surface area contributed by atoms with Gasteiger partial charge < -0.3 is 10.0 Å². The van der Waals surface area contributed by atoms with Crippen molar-refractivity contribution >= 4 is 21.7 Å². The number of carbonyl (C=O) groups excluding carboxylic acids is 1. The summed E-state index contributed by atoms with van der Waals surface area (Å²) in [4.78, 5) is 24.6. The molecule has 1 amide bonds. The van der Waals surface area contributed by atoms with E-state index < -0.39 is 33.0 Å². The van der Waals surface area contributed by atoms with Crippen molar-refractivity contribution in [1.29, 1.82) is 0 Å². The lowest BCUT2D eigenvalue weighted by molar-refractivity contribution is 0.0697. The van der Waals surface area contributed by atoms with E-state index in [4.69, 9.17) is 5.11 Å². The summed E-state index contributed by atoms with van der Waals surface area (Å²) >= 11 is 0. The van der Waals surface area contributed by atoms with Gasteiger partial charge in [0.15, 0.2) is 9.84 Å². The highest BCUT2D eigenvalue weighted by Gasteiger charge is 2.28. The van der Waals surface area contributed by atoms with Crippen LogP contribution in [0.3, 0.4) is 0 Å². The molecule has 1 rings (SSSR count). The number of carboxylic acids is 1. The molecule has 7 heteroatoms. The lowest BCUT2D eigenvalue weighted by atomic mass is 10.1. The van der Waals surface area contributed by atoms with E-state index in [-0.39, 0.29) is 11.1 Å². The van der Waals surface area contributed by atoms with Gasteiger partial charge in [-0.1, -0.05) is 6.07 Å². The minimum absolute atomic E-state index is 0.0121. The molecule has 116 valence electrons. The second-order valence-corrected chi connectivity index (χ2v) is 7.48. The number of nitrogens with zero attached hydrogens (tertiary/aromatic N) is 1. The Morgan fingerprint density at radius 3 is 2.19 bits per heavy atom. The fourth-order valence-electron chi connectivity index (χ4n) is 1.85. The van der Waals surface area contributed by atoms with Crippen LogP contribution in [0.15, 0.2) is 24.3 Å². The van der Waals surface area contributed by atoms with Gasteiger partial charge in [0.1, 0.15) is 0 Å². The molecule has 1 aromatic rings. The lowest BCUT2D eigenvalue weighted by Gasteiger charge is -2.29. The van der Waals surface area contributed by atoms with Crippen molar-refractivity contribution in [1.82, 2.24) is 4.90 Å². The number of amides is 1. The quantitative estimate of drug-likeness (QED) is 0.884. The van der Waals surface area contributed by atoms with Crippen LogP contribution in [-0.4, -0.2) is 54.9 Å². The fraction of sp³-hybridized carbons (Fsp3) is 0.429. The Morgan fingerprint density at radius 1 is 1.19 bits per heavy atom. The molecule has 0 aliphatic heterocycles. The minimum Gasteiger partial charge on any atom is -0.478 e. The summed E-state index contributed by atoms with van der Waals surface area (Å²) in [6.07, 6.45) is 1.12. The van der Waals surface area contributed by atoms with Crippen molar-refractivity contribution in [3.05, 3.63) is 35.4 Å². The third-order valence-corrected chi connectivity index (χ3v) is 5.39. The molecule has 0 aromatic heterocycles. The maximum Gasteiger partial charge on any atom is 0.335 e. The van der Waals surface area contributed by atoms with Crippen LogP contribution in [0.5, 0.6) is 0 Å². The third-order valence-electron chi connectivity index (χ3n) is 3.64. The van der Waals surface area contributed by atoms with E-state index in [1.165, 1.54) is 43.1 Å². The Labute approximate surface area is 124 Å². The molecule has 0 aliphatic rings. The van der Waals surface area contributed by atoms with Crippen molar-refractivity contribution in [3.63, 3.8) is 0 Å². The monoisotopic (exact) mass is 313 g/mol. The zero-order chi connectivity index (χ0) is 16.4. The molecule has 1 aromatic carbocycles. The topological polar surface area (TPSA) is 91.8 Å². The van der Waals surface area contributed by atoms with E-state index in [1.807, 2.05) is 0 Å². The number of benzene rings is 1. The minimum atomic E-state index is -3.27. The summed E-state index contributed by atoms with van der Waals surface area (Å²) < 4.78 is 23.1. The predicted molar refractivity (Wildman–Crippen MR) is 79.3 cm³/mol. The summed E-state index contributed by atoms with van der Waals surface area (Å²) in [5.74, 6) is -1.54. The number of sulfone groups is 1. The Kier molecular flexibility index (Phi) is 5.11. The Bertz CT molecular complexity index is 653. The van der Waals surface area contributed by atoms with Crippen LogP contribution in [0, 0.1) is 0 Å². The van der Waals surface area contributed by atoms with Gasteiger partial charge in [0.2, 0.25) is 0 Å². The van der Waals surface area contributed by atoms with E-state index >= 15 is 0 Å². The van der Waals surface area contributed by atoms with Gasteiger partial charge in [0.05, 0.1) is 10.8 Å². The second-order valence-electron chi connectivity index (χ2n) is 5.08. The van der Waals surface area contributed by atoms with E-state index in [0.29, 0.717) is 0 Å². The number of rotatable bonds is 5. The largest absolute Gasteiger partial charge is 0.478 e. The highest BCUT2D eigenvalue weighted by molar-refractivity contribution is 7.91. The van der Waals surface area contributed by atoms with E-state index in [0.717, 1.165) is 6.26 Å². The SMILES string of the molecule is CC(C(C)S(C)(=O)=O)N(C)C(=O)c1cccc(C(=O)O)c1. The summed E-state index contributed by atoms with van der Waals surface area (Å²) in [5.41, 5.74) is 0.225. The first kappa shape index (κ1) is 17.2. The molecule has 6 nitrogen and oxygen atoms in total. The number of aromatic carboxylic acids is 1. The molecule has 1 N–H and O–H groups in total. The van der Waals surface area contributed by atoms with Crippen molar-refractivity contribution < 1.29 is 23.1 Å². The van der Waals surface area contributed by atoms with Crippen LogP contribution in [0.2, 0.25) is 0 Å². The molecular formula is C14H19NO5S. The van der Waals surface area contributed by atoms with E-state index in [9.17, 15) is 18.0 Å².